The highest BCUT2D eigenvalue weighted by Crippen LogP contribution is 2.56. The van der Waals surface area contributed by atoms with E-state index in [0.717, 1.165) is 38.9 Å². The van der Waals surface area contributed by atoms with Gasteiger partial charge in [0.05, 0.1) is 16.3 Å². The molecule has 4 aromatic rings. The number of ether oxygens (including phenoxy) is 2. The second kappa shape index (κ2) is 14.8. The molecule has 1 atom stereocenters. The van der Waals surface area contributed by atoms with Crippen molar-refractivity contribution >= 4 is 56.1 Å². The molecule has 0 fully saturated rings. The molecule has 2 aliphatic heterocycles. The third-order valence-electron chi connectivity index (χ3n) is 8.89. The molecule has 1 aromatic heterocycles. The highest BCUT2D eigenvalue weighted by molar-refractivity contribution is 9.11. The van der Waals surface area contributed by atoms with E-state index in [-0.39, 0.29) is 0 Å². The molecule has 2 aliphatic rings. The Bertz CT molecular complexity index is 1560. The number of fused-ring (bicyclic) bond motifs is 3. The van der Waals surface area contributed by atoms with Crippen molar-refractivity contribution in [3.05, 3.63) is 75.6 Å². The Balaban J connectivity index is 1.36. The number of thiophene rings is 1. The second-order valence-electron chi connectivity index (χ2n) is 12.1. The summed E-state index contributed by atoms with van der Waals surface area (Å²) < 4.78 is 13.0. The Labute approximate surface area is 280 Å². The highest BCUT2D eigenvalue weighted by Gasteiger charge is 2.29. The number of nitrogens with zero attached hydrogens (tertiary/aromatic N) is 1. The molecule has 44 heavy (non-hydrogen) atoms. The first-order chi connectivity index (χ1) is 21.6. The molecule has 0 saturated heterocycles. The summed E-state index contributed by atoms with van der Waals surface area (Å²) in [6.45, 7) is 8.09. The molecular weight excluding hydrogens is 646 g/mol. The smallest absolute Gasteiger partial charge is 0.187 e. The lowest BCUT2D eigenvalue weighted by atomic mass is 9.92. The summed E-state index contributed by atoms with van der Waals surface area (Å²) in [6, 6.07) is 23.4. The Morgan fingerprint density at radius 3 is 2.23 bits per heavy atom. The number of aryl methyl sites for hydroxylation is 1. The number of hydrogen-bond acceptors (Lipinski definition) is 5. The van der Waals surface area contributed by atoms with Gasteiger partial charge in [-0.05, 0) is 94.2 Å². The van der Waals surface area contributed by atoms with Crippen LogP contribution in [0.3, 0.4) is 0 Å². The molecule has 0 radical (unpaired) electrons. The van der Waals surface area contributed by atoms with Crippen molar-refractivity contribution in [1.82, 2.24) is 0 Å². The van der Waals surface area contributed by atoms with E-state index >= 15 is 0 Å². The average Bonchev–Trinajstić information content (AvgIpc) is 3.40. The molecular formula is C38H44BrNO2S2. The van der Waals surface area contributed by atoms with Gasteiger partial charge in [0.15, 0.2) is 11.5 Å². The molecule has 3 nitrogen and oxygen atoms in total. The number of rotatable bonds is 13. The molecule has 3 aromatic carbocycles. The van der Waals surface area contributed by atoms with Gasteiger partial charge < -0.3 is 14.4 Å². The van der Waals surface area contributed by atoms with E-state index in [2.05, 4.69) is 102 Å². The summed E-state index contributed by atoms with van der Waals surface area (Å²) in [5.74, 6) is 2.44. The summed E-state index contributed by atoms with van der Waals surface area (Å²) in [7, 11) is 0. The first-order valence-electron chi connectivity index (χ1n) is 16.5. The molecule has 0 amide bonds. The monoisotopic (exact) mass is 689 g/mol. The normalized spacial score (nSPS) is 14.3. The van der Waals surface area contributed by atoms with Crippen LogP contribution >= 0.6 is 39.0 Å². The van der Waals surface area contributed by atoms with E-state index in [1.165, 1.54) is 94.9 Å². The quantitative estimate of drug-likeness (QED) is 0.115. The van der Waals surface area contributed by atoms with E-state index in [0.29, 0.717) is 13.2 Å². The molecule has 0 N–H and O–H groups in total. The molecule has 0 saturated carbocycles. The lowest BCUT2D eigenvalue weighted by Gasteiger charge is -2.34. The van der Waals surface area contributed by atoms with Gasteiger partial charge in [-0.15, -0.1) is 11.3 Å². The SMILES string of the molecule is CCCCCCc1ccc(N2c3ccc(CC(CC)CCCC)cc3Sc3cc(-c4sc(Br)c5c4OCCO5)ccc32)cc1. The van der Waals surface area contributed by atoms with Gasteiger partial charge in [0, 0.05) is 15.5 Å². The van der Waals surface area contributed by atoms with Crippen molar-refractivity contribution in [3.63, 3.8) is 0 Å². The van der Waals surface area contributed by atoms with Crippen molar-refractivity contribution < 1.29 is 9.47 Å². The summed E-state index contributed by atoms with van der Waals surface area (Å²) in [5, 5.41) is 0. The summed E-state index contributed by atoms with van der Waals surface area (Å²) in [4.78, 5) is 6.18. The maximum atomic E-state index is 6.10. The maximum Gasteiger partial charge on any atom is 0.187 e. The zero-order valence-electron chi connectivity index (χ0n) is 26.3. The van der Waals surface area contributed by atoms with Gasteiger partial charge in [-0.25, -0.2) is 0 Å². The van der Waals surface area contributed by atoms with Crippen LogP contribution in [-0.2, 0) is 12.8 Å². The number of anilines is 3. The fourth-order valence-electron chi connectivity index (χ4n) is 6.35. The van der Waals surface area contributed by atoms with Crippen molar-refractivity contribution in [2.75, 3.05) is 18.1 Å². The van der Waals surface area contributed by atoms with Crippen molar-refractivity contribution in [1.29, 1.82) is 0 Å². The number of unbranched alkanes of at least 4 members (excludes halogenated alkanes) is 4. The van der Waals surface area contributed by atoms with Crippen LogP contribution < -0.4 is 14.4 Å². The molecule has 3 heterocycles. The van der Waals surface area contributed by atoms with Crippen LogP contribution in [0.1, 0.15) is 83.3 Å². The zero-order valence-corrected chi connectivity index (χ0v) is 29.5. The maximum absolute atomic E-state index is 6.10. The van der Waals surface area contributed by atoms with Crippen LogP contribution in [0.2, 0.25) is 0 Å². The van der Waals surface area contributed by atoms with E-state index in [9.17, 15) is 0 Å². The van der Waals surface area contributed by atoms with Crippen LogP contribution in [0.5, 0.6) is 11.5 Å². The summed E-state index contributed by atoms with van der Waals surface area (Å²) >= 11 is 7.30. The van der Waals surface area contributed by atoms with Gasteiger partial charge in [-0.2, -0.15) is 0 Å². The van der Waals surface area contributed by atoms with Crippen LogP contribution in [0.25, 0.3) is 10.4 Å². The lowest BCUT2D eigenvalue weighted by Crippen LogP contribution is -2.16. The number of halogens is 1. The third-order valence-corrected chi connectivity index (χ3v) is 11.8. The topological polar surface area (TPSA) is 21.7 Å². The molecule has 0 bridgehead atoms. The standard InChI is InChI=1S/C38H44BrNO2S2/c1-4-7-9-10-12-27-13-17-30(18-14-27)40-31-19-15-28(23-26(6-3)11-8-5-2)24-33(31)43-34-25-29(16-20-32(34)40)37-35-36(38(39)44-37)42-22-21-41-35/h13-20,24-26H,4-12,21-23H2,1-3H3. The third kappa shape index (κ3) is 6.88. The minimum atomic E-state index is 0.582. The van der Waals surface area contributed by atoms with Gasteiger partial charge in [0.25, 0.3) is 0 Å². The molecule has 0 aliphatic carbocycles. The fourth-order valence-corrected chi connectivity index (χ4v) is 9.20. The first-order valence-corrected chi connectivity index (χ1v) is 18.9. The predicted molar refractivity (Wildman–Crippen MR) is 192 cm³/mol. The summed E-state index contributed by atoms with van der Waals surface area (Å²) in [5.41, 5.74) is 7.75. The molecule has 6 heteroatoms. The average molecular weight is 691 g/mol. The summed E-state index contributed by atoms with van der Waals surface area (Å²) in [6.07, 6.45) is 12.6. The van der Waals surface area contributed by atoms with Crippen LogP contribution in [0.4, 0.5) is 17.1 Å². The van der Waals surface area contributed by atoms with Gasteiger partial charge in [0.1, 0.15) is 17.0 Å². The highest BCUT2D eigenvalue weighted by atomic mass is 79.9. The van der Waals surface area contributed by atoms with Crippen LogP contribution in [0, 0.1) is 5.92 Å². The van der Waals surface area contributed by atoms with E-state index in [1.54, 1.807) is 11.3 Å². The van der Waals surface area contributed by atoms with E-state index in [4.69, 9.17) is 9.47 Å². The Morgan fingerprint density at radius 2 is 1.48 bits per heavy atom. The Kier molecular flexibility index (Phi) is 10.6. The Hall–Kier alpha value is -2.41. The van der Waals surface area contributed by atoms with Gasteiger partial charge in [0.2, 0.25) is 0 Å². The van der Waals surface area contributed by atoms with Crippen molar-refractivity contribution in [2.45, 2.75) is 94.8 Å². The van der Waals surface area contributed by atoms with Crippen LogP contribution in [0.15, 0.2) is 74.2 Å². The predicted octanol–water partition coefficient (Wildman–Crippen LogP) is 12.8. The molecule has 232 valence electrons. The zero-order chi connectivity index (χ0) is 30.5. The van der Waals surface area contributed by atoms with Gasteiger partial charge >= 0.3 is 0 Å². The fraction of sp³-hybridized carbons (Fsp3) is 0.421. The number of benzene rings is 3. The lowest BCUT2D eigenvalue weighted by molar-refractivity contribution is 0.173. The van der Waals surface area contributed by atoms with E-state index in [1.807, 2.05) is 11.8 Å². The van der Waals surface area contributed by atoms with Gasteiger partial charge in [-0.3, -0.25) is 0 Å². The largest absolute Gasteiger partial charge is 0.485 e. The van der Waals surface area contributed by atoms with Crippen LogP contribution in [-0.4, -0.2) is 13.2 Å². The molecule has 6 rings (SSSR count). The number of hydrogen-bond donors (Lipinski definition) is 0. The second-order valence-corrected chi connectivity index (χ2v) is 15.5. The van der Waals surface area contributed by atoms with E-state index < -0.39 is 0 Å². The Morgan fingerprint density at radius 1 is 0.773 bits per heavy atom. The van der Waals surface area contributed by atoms with Crippen molar-refractivity contribution in [3.8, 4) is 21.9 Å². The minimum Gasteiger partial charge on any atom is -0.485 e. The van der Waals surface area contributed by atoms with Crippen molar-refractivity contribution in [2.24, 2.45) is 5.92 Å². The van der Waals surface area contributed by atoms with Gasteiger partial charge in [-0.1, -0.05) is 102 Å². The molecule has 1 unspecified atom stereocenters. The minimum absolute atomic E-state index is 0.582. The molecule has 0 spiro atoms. The first kappa shape index (κ1) is 31.6.